The van der Waals surface area contributed by atoms with Gasteiger partial charge in [0.05, 0.1) is 6.54 Å². The largest absolute Gasteiger partial charge is 0.245 e. The van der Waals surface area contributed by atoms with Gasteiger partial charge in [0.2, 0.25) is 6.33 Å². The maximum Gasteiger partial charge on any atom is 0.245 e. The lowest BCUT2D eigenvalue weighted by atomic mass is 10.3. The Hall–Kier alpha value is -1.53. The highest BCUT2D eigenvalue weighted by molar-refractivity contribution is 6.76. The van der Waals surface area contributed by atoms with Crippen molar-refractivity contribution in [1.82, 2.24) is 4.57 Å². The van der Waals surface area contributed by atoms with E-state index in [4.69, 9.17) is 6.42 Å². The summed E-state index contributed by atoms with van der Waals surface area (Å²) in [5.74, 6) is 2.73. The lowest BCUT2D eigenvalue weighted by molar-refractivity contribution is -0.672. The fourth-order valence-electron chi connectivity index (χ4n) is 2.42. The molecule has 0 atom stereocenters. The van der Waals surface area contributed by atoms with Gasteiger partial charge in [-0.15, -0.1) is 6.42 Å². The highest BCUT2D eigenvalue weighted by atomic mass is 28.3. The third-order valence-electron chi connectivity index (χ3n) is 3.37. The van der Waals surface area contributed by atoms with Crippen molar-refractivity contribution in [3.8, 4) is 12.3 Å². The maximum atomic E-state index is 5.44. The third kappa shape index (κ3) is 3.48. The lowest BCUT2D eigenvalue weighted by Gasteiger charge is -2.14. The van der Waals surface area contributed by atoms with E-state index in [1.54, 1.807) is 0 Å². The van der Waals surface area contributed by atoms with Crippen LogP contribution in [0.15, 0.2) is 30.6 Å². The van der Waals surface area contributed by atoms with Gasteiger partial charge in [0, 0.05) is 8.07 Å². The molecule has 0 aliphatic rings. The second kappa shape index (κ2) is 5.62. The number of imidazole rings is 1. The molecule has 0 aliphatic heterocycles. The fraction of sp³-hybridized carbons (Fsp3) is 0.438. The lowest BCUT2D eigenvalue weighted by Crippen LogP contribution is -2.33. The normalized spacial score (nSPS) is 11.7. The number of para-hydroxylation sites is 2. The van der Waals surface area contributed by atoms with E-state index in [0.29, 0.717) is 6.54 Å². The van der Waals surface area contributed by atoms with E-state index < -0.39 is 8.07 Å². The molecule has 0 spiro atoms. The highest BCUT2D eigenvalue weighted by Crippen LogP contribution is 2.13. The van der Waals surface area contributed by atoms with Crippen LogP contribution in [0.4, 0.5) is 0 Å². The first kappa shape index (κ1) is 13.9. The average Bonchev–Trinajstić information content (AvgIpc) is 2.68. The Balaban J connectivity index is 2.21. The van der Waals surface area contributed by atoms with Crippen LogP contribution in [-0.4, -0.2) is 12.6 Å². The summed E-state index contributed by atoms with van der Waals surface area (Å²) >= 11 is 0. The summed E-state index contributed by atoms with van der Waals surface area (Å²) in [5, 5.41) is 0. The Bertz CT molecular complexity index is 599. The first-order valence-corrected chi connectivity index (χ1v) is 10.6. The smallest absolute Gasteiger partial charge is 0.230 e. The number of hydrogen-bond acceptors (Lipinski definition) is 0. The number of rotatable bonds is 5. The minimum atomic E-state index is -0.939. The first-order chi connectivity index (χ1) is 9.01. The maximum absolute atomic E-state index is 5.44. The first-order valence-electron chi connectivity index (χ1n) is 6.92. The van der Waals surface area contributed by atoms with E-state index in [9.17, 15) is 0 Å². The SMILES string of the molecule is C#CCn1c[n+](CCC[Si](C)(C)C)c2ccccc21. The standard InChI is InChI=1S/C16H23N2Si/c1-5-11-17-14-18(12-8-13-19(2,3)4)16-10-7-6-9-15(16)17/h1,6-7,9-10,14H,8,11-13H2,2-4H3/q+1. The second-order valence-corrected chi connectivity index (χ2v) is 11.9. The zero-order chi connectivity index (χ0) is 13.9. The molecule has 100 valence electrons. The summed E-state index contributed by atoms with van der Waals surface area (Å²) < 4.78 is 4.50. The zero-order valence-electron chi connectivity index (χ0n) is 12.2. The van der Waals surface area contributed by atoms with Crippen molar-refractivity contribution in [1.29, 1.82) is 0 Å². The van der Waals surface area contributed by atoms with Gasteiger partial charge in [0.25, 0.3) is 0 Å². The fourth-order valence-corrected chi connectivity index (χ4v) is 3.64. The summed E-state index contributed by atoms with van der Waals surface area (Å²) in [4.78, 5) is 0. The van der Waals surface area contributed by atoms with Crippen LogP contribution in [0.5, 0.6) is 0 Å². The molecule has 1 aromatic heterocycles. The van der Waals surface area contributed by atoms with Crippen molar-refractivity contribution in [3.63, 3.8) is 0 Å². The third-order valence-corrected chi connectivity index (χ3v) is 5.22. The van der Waals surface area contributed by atoms with Gasteiger partial charge in [-0.25, -0.2) is 9.13 Å². The quantitative estimate of drug-likeness (QED) is 0.448. The van der Waals surface area contributed by atoms with Crippen molar-refractivity contribution < 1.29 is 4.57 Å². The number of benzene rings is 1. The molecular weight excluding hydrogens is 248 g/mol. The van der Waals surface area contributed by atoms with Crippen LogP contribution in [0, 0.1) is 12.3 Å². The van der Waals surface area contributed by atoms with Crippen LogP contribution < -0.4 is 4.57 Å². The Kier molecular flexibility index (Phi) is 4.11. The van der Waals surface area contributed by atoms with Crippen LogP contribution in [0.25, 0.3) is 11.0 Å². The molecule has 0 saturated heterocycles. The van der Waals surface area contributed by atoms with E-state index in [1.165, 1.54) is 23.5 Å². The topological polar surface area (TPSA) is 8.81 Å². The minimum Gasteiger partial charge on any atom is -0.230 e. The molecular formula is C16H23N2Si+. The Morgan fingerprint density at radius 2 is 2.00 bits per heavy atom. The number of nitrogens with zero attached hydrogens (tertiary/aromatic N) is 2. The number of terminal acetylenes is 1. The summed E-state index contributed by atoms with van der Waals surface area (Å²) in [5.41, 5.74) is 2.52. The summed E-state index contributed by atoms with van der Waals surface area (Å²) in [6, 6.07) is 9.85. The van der Waals surface area contributed by atoms with Crippen LogP contribution in [0.2, 0.25) is 25.7 Å². The summed E-state index contributed by atoms with van der Waals surface area (Å²) in [7, 11) is -0.939. The molecule has 1 heterocycles. The summed E-state index contributed by atoms with van der Waals surface area (Å²) in [6.07, 6.45) is 8.86. The molecule has 3 heteroatoms. The van der Waals surface area contributed by atoms with Gasteiger partial charge in [0.15, 0.2) is 17.6 Å². The molecule has 0 aliphatic carbocycles. The van der Waals surface area contributed by atoms with Crippen molar-refractivity contribution in [2.45, 2.75) is 45.2 Å². The van der Waals surface area contributed by atoms with Crippen LogP contribution in [0.3, 0.4) is 0 Å². The Morgan fingerprint density at radius 1 is 1.26 bits per heavy atom. The minimum absolute atomic E-state index is 0.640. The van der Waals surface area contributed by atoms with Gasteiger partial charge in [-0.05, 0) is 18.6 Å². The predicted octanol–water partition coefficient (Wildman–Crippen LogP) is 3.29. The highest BCUT2D eigenvalue weighted by Gasteiger charge is 2.16. The monoisotopic (exact) mass is 271 g/mol. The summed E-state index contributed by atoms with van der Waals surface area (Å²) in [6.45, 7) is 9.02. The van der Waals surface area contributed by atoms with Crippen LogP contribution >= 0.6 is 0 Å². The van der Waals surface area contributed by atoms with E-state index >= 15 is 0 Å². The molecule has 2 aromatic rings. The molecule has 0 radical (unpaired) electrons. The van der Waals surface area contributed by atoms with Gasteiger partial charge in [0.1, 0.15) is 0 Å². The molecule has 0 saturated carbocycles. The van der Waals surface area contributed by atoms with Crippen molar-refractivity contribution in [3.05, 3.63) is 30.6 Å². The van der Waals surface area contributed by atoms with E-state index in [2.05, 4.69) is 65.3 Å². The Morgan fingerprint density at radius 3 is 2.68 bits per heavy atom. The average molecular weight is 271 g/mol. The van der Waals surface area contributed by atoms with E-state index in [1.807, 2.05) is 0 Å². The van der Waals surface area contributed by atoms with Crippen molar-refractivity contribution in [2.24, 2.45) is 0 Å². The van der Waals surface area contributed by atoms with Crippen LogP contribution in [0.1, 0.15) is 6.42 Å². The van der Waals surface area contributed by atoms with Gasteiger partial charge < -0.3 is 0 Å². The van der Waals surface area contributed by atoms with Gasteiger partial charge >= 0.3 is 0 Å². The molecule has 1 aromatic carbocycles. The van der Waals surface area contributed by atoms with Crippen molar-refractivity contribution >= 4 is 19.1 Å². The number of hydrogen-bond donors (Lipinski definition) is 0. The number of aryl methyl sites for hydroxylation is 1. The van der Waals surface area contributed by atoms with Crippen LogP contribution in [-0.2, 0) is 13.1 Å². The molecule has 2 rings (SSSR count). The van der Waals surface area contributed by atoms with Gasteiger partial charge in [-0.3, -0.25) is 0 Å². The van der Waals surface area contributed by atoms with E-state index in [-0.39, 0.29) is 0 Å². The number of aromatic nitrogens is 2. The Labute approximate surface area is 117 Å². The molecule has 0 N–H and O–H groups in total. The molecule has 0 amide bonds. The van der Waals surface area contributed by atoms with Gasteiger partial charge in [-0.1, -0.05) is 43.7 Å². The van der Waals surface area contributed by atoms with Crippen molar-refractivity contribution in [2.75, 3.05) is 0 Å². The molecule has 0 bridgehead atoms. The second-order valence-electron chi connectivity index (χ2n) is 6.29. The van der Waals surface area contributed by atoms with Gasteiger partial charge in [-0.2, -0.15) is 0 Å². The van der Waals surface area contributed by atoms with E-state index in [0.717, 1.165) is 6.54 Å². The number of fused-ring (bicyclic) bond motifs is 1. The zero-order valence-corrected chi connectivity index (χ0v) is 13.2. The molecule has 2 nitrogen and oxygen atoms in total. The molecule has 0 fully saturated rings. The molecule has 19 heavy (non-hydrogen) atoms. The predicted molar refractivity (Wildman–Crippen MR) is 83.7 cm³/mol. The molecule has 0 unspecified atom stereocenters.